The molecule has 0 amide bonds. The molecule has 0 aliphatic heterocycles. The third-order valence-electron chi connectivity index (χ3n) is 1.92. The molecule has 0 fully saturated rings. The predicted molar refractivity (Wildman–Crippen MR) is 51.0 cm³/mol. The molecule has 114 valence electrons. The van der Waals surface area contributed by atoms with Crippen molar-refractivity contribution in [2.75, 3.05) is 6.61 Å². The smallest absolute Gasteiger partial charge is 0.394 e. The quantitative estimate of drug-likeness (QED) is 0.229. The molecule has 0 aromatic rings. The summed E-state index contributed by atoms with van der Waals surface area (Å²) in [6.45, 7) is -1.09. The van der Waals surface area contributed by atoms with E-state index in [1.807, 2.05) is 0 Å². The number of aliphatic hydroxyl groups excluding tert-OH is 4. The lowest BCUT2D eigenvalue weighted by atomic mass is 10.0. The third-order valence-corrected chi connectivity index (χ3v) is 2.97. The number of hydrogen-bond donors (Lipinski definition) is 4. The second kappa shape index (κ2) is 6.58. The SMILES string of the molecule is O=C[C@@H](OS(=O)(=O)C(F)(F)F)[C@@H](O)[C@@H](O)[C@H](O)CO. The molecule has 0 aromatic heterocycles. The highest BCUT2D eigenvalue weighted by molar-refractivity contribution is 7.87. The van der Waals surface area contributed by atoms with Crippen LogP contribution in [0.3, 0.4) is 0 Å². The van der Waals surface area contributed by atoms with Crippen LogP contribution in [0.4, 0.5) is 13.2 Å². The van der Waals surface area contributed by atoms with Gasteiger partial charge in [0.1, 0.15) is 18.3 Å². The zero-order valence-electron chi connectivity index (χ0n) is 9.06. The Morgan fingerprint density at radius 1 is 1.16 bits per heavy atom. The topological polar surface area (TPSA) is 141 Å². The van der Waals surface area contributed by atoms with Gasteiger partial charge in [0.2, 0.25) is 0 Å². The fourth-order valence-electron chi connectivity index (χ4n) is 0.891. The molecule has 0 heterocycles. The zero-order chi connectivity index (χ0) is 15.4. The second-order valence-corrected chi connectivity index (χ2v) is 4.89. The van der Waals surface area contributed by atoms with Crippen LogP contribution in [0.15, 0.2) is 0 Å². The highest BCUT2D eigenvalue weighted by Gasteiger charge is 2.50. The number of carbonyl (C=O) groups excluding carboxylic acids is 1. The lowest BCUT2D eigenvalue weighted by Gasteiger charge is -2.25. The van der Waals surface area contributed by atoms with E-state index in [9.17, 15) is 31.5 Å². The standard InChI is InChI=1S/C7H11F3O8S/c8-7(9,10)19(16,17)18-4(2-12)6(15)5(14)3(13)1-11/h2-6,11,13-15H,1H2/t3-,4-,5+,6-/m1/s1. The molecule has 0 spiro atoms. The zero-order valence-corrected chi connectivity index (χ0v) is 9.87. The summed E-state index contributed by atoms with van der Waals surface area (Å²) < 4.78 is 60.4. The maximum Gasteiger partial charge on any atom is 0.523 e. The molecular weight excluding hydrogens is 301 g/mol. The predicted octanol–water partition coefficient (Wildman–Crippen LogP) is -2.50. The summed E-state index contributed by atoms with van der Waals surface area (Å²) in [6.07, 6.45) is -9.88. The molecule has 0 aromatic carbocycles. The molecule has 12 heteroatoms. The Kier molecular flexibility index (Phi) is 6.31. The molecule has 0 saturated carbocycles. The summed E-state index contributed by atoms with van der Waals surface area (Å²) in [5, 5.41) is 35.6. The number of aliphatic hydroxyl groups is 4. The van der Waals surface area contributed by atoms with Crippen molar-refractivity contribution in [2.24, 2.45) is 0 Å². The van der Waals surface area contributed by atoms with Crippen LogP contribution in [-0.4, -0.2) is 71.7 Å². The van der Waals surface area contributed by atoms with Crippen molar-refractivity contribution < 1.29 is 51.0 Å². The Hall–Kier alpha value is -0.790. The average Bonchev–Trinajstić information content (AvgIpc) is 2.31. The highest BCUT2D eigenvalue weighted by atomic mass is 32.2. The third kappa shape index (κ3) is 4.67. The van der Waals surface area contributed by atoms with Crippen molar-refractivity contribution >= 4 is 16.4 Å². The highest BCUT2D eigenvalue weighted by Crippen LogP contribution is 2.26. The number of hydrogen-bond acceptors (Lipinski definition) is 8. The number of rotatable bonds is 7. The first-order chi connectivity index (χ1) is 8.47. The van der Waals surface area contributed by atoms with Gasteiger partial charge in [-0.3, -0.25) is 0 Å². The van der Waals surface area contributed by atoms with Crippen LogP contribution >= 0.6 is 0 Å². The number of aldehydes is 1. The lowest BCUT2D eigenvalue weighted by molar-refractivity contribution is -0.135. The van der Waals surface area contributed by atoms with E-state index in [4.69, 9.17) is 15.3 Å². The summed E-state index contributed by atoms with van der Waals surface area (Å²) in [6, 6.07) is 0. The largest absolute Gasteiger partial charge is 0.523 e. The summed E-state index contributed by atoms with van der Waals surface area (Å²) >= 11 is 0. The molecule has 0 radical (unpaired) electrons. The van der Waals surface area contributed by atoms with Gasteiger partial charge in [0.25, 0.3) is 0 Å². The second-order valence-electron chi connectivity index (χ2n) is 3.33. The molecule has 4 atom stereocenters. The van der Waals surface area contributed by atoms with Crippen LogP contribution in [-0.2, 0) is 19.1 Å². The van der Waals surface area contributed by atoms with E-state index in [0.29, 0.717) is 0 Å². The van der Waals surface area contributed by atoms with Crippen LogP contribution in [0.2, 0.25) is 0 Å². The van der Waals surface area contributed by atoms with E-state index in [1.165, 1.54) is 0 Å². The van der Waals surface area contributed by atoms with Crippen molar-refractivity contribution in [1.82, 2.24) is 0 Å². The fraction of sp³-hybridized carbons (Fsp3) is 0.857. The Labute approximate surface area is 105 Å². The van der Waals surface area contributed by atoms with Crippen molar-refractivity contribution in [3.63, 3.8) is 0 Å². The van der Waals surface area contributed by atoms with E-state index in [0.717, 1.165) is 0 Å². The Morgan fingerprint density at radius 3 is 1.95 bits per heavy atom. The van der Waals surface area contributed by atoms with Gasteiger partial charge in [0, 0.05) is 0 Å². The molecule has 0 unspecified atom stereocenters. The summed E-state index contributed by atoms with van der Waals surface area (Å²) in [5.74, 6) is 0. The van der Waals surface area contributed by atoms with E-state index in [1.54, 1.807) is 0 Å². The minimum atomic E-state index is -6.17. The Bertz CT molecular complexity index is 394. The van der Waals surface area contributed by atoms with Gasteiger partial charge in [-0.05, 0) is 0 Å². The summed E-state index contributed by atoms with van der Waals surface area (Å²) in [5.41, 5.74) is -5.82. The van der Waals surface area contributed by atoms with Crippen LogP contribution in [0.25, 0.3) is 0 Å². The molecule has 19 heavy (non-hydrogen) atoms. The minimum Gasteiger partial charge on any atom is -0.394 e. The van der Waals surface area contributed by atoms with Crippen LogP contribution in [0.5, 0.6) is 0 Å². The molecule has 0 rings (SSSR count). The first kappa shape index (κ1) is 18.2. The minimum absolute atomic E-state index is 0.499. The van der Waals surface area contributed by atoms with E-state index in [2.05, 4.69) is 4.18 Å². The Balaban J connectivity index is 5.01. The van der Waals surface area contributed by atoms with Gasteiger partial charge < -0.3 is 25.2 Å². The molecule has 8 nitrogen and oxygen atoms in total. The van der Waals surface area contributed by atoms with Crippen molar-refractivity contribution in [3.05, 3.63) is 0 Å². The Morgan fingerprint density at radius 2 is 1.63 bits per heavy atom. The van der Waals surface area contributed by atoms with Crippen LogP contribution in [0, 0.1) is 0 Å². The first-order valence-electron chi connectivity index (χ1n) is 4.57. The lowest BCUT2D eigenvalue weighted by Crippen LogP contribution is -2.48. The van der Waals surface area contributed by atoms with Crippen molar-refractivity contribution in [3.8, 4) is 0 Å². The van der Waals surface area contributed by atoms with Crippen molar-refractivity contribution in [1.29, 1.82) is 0 Å². The molecule has 0 bridgehead atoms. The van der Waals surface area contributed by atoms with Gasteiger partial charge in [0.15, 0.2) is 12.4 Å². The van der Waals surface area contributed by atoms with Gasteiger partial charge in [-0.1, -0.05) is 0 Å². The number of alkyl halides is 3. The van der Waals surface area contributed by atoms with Gasteiger partial charge in [-0.15, -0.1) is 0 Å². The molecular formula is C7H11F3O8S. The van der Waals surface area contributed by atoms with Gasteiger partial charge in [0.05, 0.1) is 6.61 Å². The normalized spacial score (nSPS) is 19.5. The van der Waals surface area contributed by atoms with E-state index < -0.39 is 52.9 Å². The van der Waals surface area contributed by atoms with Gasteiger partial charge in [-0.25, -0.2) is 4.18 Å². The summed E-state index contributed by atoms with van der Waals surface area (Å²) in [4.78, 5) is 10.4. The maximum atomic E-state index is 12.0. The molecule has 4 N–H and O–H groups in total. The number of carbonyl (C=O) groups is 1. The monoisotopic (exact) mass is 312 g/mol. The summed E-state index contributed by atoms with van der Waals surface area (Å²) in [7, 11) is -6.17. The van der Waals surface area contributed by atoms with E-state index in [-0.39, 0.29) is 0 Å². The first-order valence-corrected chi connectivity index (χ1v) is 5.98. The van der Waals surface area contributed by atoms with Crippen LogP contribution < -0.4 is 0 Å². The average molecular weight is 312 g/mol. The molecule has 0 aliphatic rings. The van der Waals surface area contributed by atoms with Crippen molar-refractivity contribution in [2.45, 2.75) is 29.9 Å². The van der Waals surface area contributed by atoms with Crippen LogP contribution in [0.1, 0.15) is 0 Å². The van der Waals surface area contributed by atoms with Gasteiger partial charge in [-0.2, -0.15) is 21.6 Å². The molecule has 0 aliphatic carbocycles. The van der Waals surface area contributed by atoms with Gasteiger partial charge >= 0.3 is 15.6 Å². The molecule has 0 saturated heterocycles. The van der Waals surface area contributed by atoms with E-state index >= 15 is 0 Å². The number of halogens is 3. The fourth-order valence-corrected chi connectivity index (χ4v) is 1.45. The maximum absolute atomic E-state index is 12.0.